The molecule has 1 atom stereocenters. The first-order chi connectivity index (χ1) is 12.7. The average molecular weight is 366 g/mol. The van der Waals surface area contributed by atoms with Crippen molar-refractivity contribution in [1.29, 1.82) is 0 Å². The van der Waals surface area contributed by atoms with Crippen LogP contribution < -0.4 is 10.1 Å². The van der Waals surface area contributed by atoms with Gasteiger partial charge in [-0.25, -0.2) is 0 Å². The molecule has 3 nitrogen and oxygen atoms in total. The van der Waals surface area contributed by atoms with Gasteiger partial charge in [0, 0.05) is 22.7 Å². The molecular formula is C22H20ClNO2. The van der Waals surface area contributed by atoms with Gasteiger partial charge in [-0.2, -0.15) is 0 Å². The maximum absolute atomic E-state index is 12.8. The molecule has 132 valence electrons. The van der Waals surface area contributed by atoms with Gasteiger partial charge in [0.15, 0.2) is 5.78 Å². The van der Waals surface area contributed by atoms with Crippen LogP contribution in [0.25, 0.3) is 0 Å². The topological polar surface area (TPSA) is 38.3 Å². The first kappa shape index (κ1) is 18.0. The van der Waals surface area contributed by atoms with E-state index in [0.717, 1.165) is 17.0 Å². The van der Waals surface area contributed by atoms with E-state index in [9.17, 15) is 4.79 Å². The number of methoxy groups -OCH3 is 1. The first-order valence-corrected chi connectivity index (χ1v) is 8.78. The van der Waals surface area contributed by atoms with E-state index in [-0.39, 0.29) is 11.8 Å². The Morgan fingerprint density at radius 1 is 0.962 bits per heavy atom. The number of hydrogen-bond acceptors (Lipinski definition) is 3. The highest BCUT2D eigenvalue weighted by Gasteiger charge is 2.17. The summed E-state index contributed by atoms with van der Waals surface area (Å²) in [5, 5.41) is 4.12. The van der Waals surface area contributed by atoms with Crippen LogP contribution in [-0.4, -0.2) is 12.9 Å². The molecule has 0 heterocycles. The van der Waals surface area contributed by atoms with Gasteiger partial charge < -0.3 is 10.1 Å². The molecule has 3 aromatic carbocycles. The van der Waals surface area contributed by atoms with E-state index >= 15 is 0 Å². The summed E-state index contributed by atoms with van der Waals surface area (Å²) in [6.45, 7) is 0. The standard InChI is InChI=1S/C22H20ClNO2/c1-26-20-13-7-17(8-14-20)22(25)15-21(16-5-3-2-4-6-16)24-19-11-9-18(23)10-12-19/h2-14,21,24H,15H2,1H3/t21-/m0/s1. The molecule has 0 saturated heterocycles. The smallest absolute Gasteiger partial charge is 0.165 e. The van der Waals surface area contributed by atoms with Crippen LogP contribution in [0.2, 0.25) is 5.02 Å². The first-order valence-electron chi connectivity index (χ1n) is 8.40. The number of rotatable bonds is 7. The Kier molecular flexibility index (Phi) is 5.92. The molecule has 0 unspecified atom stereocenters. The second-order valence-corrected chi connectivity index (χ2v) is 6.41. The number of carbonyl (C=O) groups excluding carboxylic acids is 1. The molecule has 0 aromatic heterocycles. The Morgan fingerprint density at radius 3 is 2.23 bits per heavy atom. The molecule has 3 aromatic rings. The van der Waals surface area contributed by atoms with Crippen LogP contribution in [0.5, 0.6) is 5.75 Å². The van der Waals surface area contributed by atoms with E-state index in [0.29, 0.717) is 17.0 Å². The fraction of sp³-hybridized carbons (Fsp3) is 0.136. The van der Waals surface area contributed by atoms with Gasteiger partial charge in [0.25, 0.3) is 0 Å². The number of carbonyl (C=O) groups is 1. The lowest BCUT2D eigenvalue weighted by atomic mass is 9.97. The van der Waals surface area contributed by atoms with Crippen molar-refractivity contribution in [3.63, 3.8) is 0 Å². The minimum atomic E-state index is -0.132. The normalized spacial score (nSPS) is 11.6. The molecule has 4 heteroatoms. The number of anilines is 1. The van der Waals surface area contributed by atoms with Gasteiger partial charge in [0.2, 0.25) is 0 Å². The lowest BCUT2D eigenvalue weighted by molar-refractivity contribution is 0.0976. The van der Waals surface area contributed by atoms with E-state index in [1.807, 2.05) is 54.6 Å². The third-order valence-corrected chi connectivity index (χ3v) is 4.44. The monoisotopic (exact) mass is 365 g/mol. The van der Waals surface area contributed by atoms with Crippen molar-refractivity contribution >= 4 is 23.1 Å². The van der Waals surface area contributed by atoms with E-state index in [2.05, 4.69) is 5.32 Å². The van der Waals surface area contributed by atoms with E-state index in [1.54, 1.807) is 31.4 Å². The molecule has 0 bridgehead atoms. The molecule has 3 rings (SSSR count). The van der Waals surface area contributed by atoms with Crippen molar-refractivity contribution in [2.24, 2.45) is 0 Å². The van der Waals surface area contributed by atoms with E-state index in [1.165, 1.54) is 0 Å². The molecule has 0 aliphatic heterocycles. The number of Topliss-reactive ketones (excluding diaryl/α,β-unsaturated/α-hetero) is 1. The summed E-state index contributed by atoms with van der Waals surface area (Å²) >= 11 is 5.96. The maximum Gasteiger partial charge on any atom is 0.165 e. The van der Waals surface area contributed by atoms with E-state index in [4.69, 9.17) is 16.3 Å². The van der Waals surface area contributed by atoms with Crippen LogP contribution >= 0.6 is 11.6 Å². The molecule has 0 saturated carbocycles. The summed E-state index contributed by atoms with van der Waals surface area (Å²) in [5.74, 6) is 0.809. The Labute approximate surface area is 158 Å². The quantitative estimate of drug-likeness (QED) is 0.540. The van der Waals surface area contributed by atoms with Crippen LogP contribution in [0.3, 0.4) is 0 Å². The fourth-order valence-corrected chi connectivity index (χ4v) is 2.89. The maximum atomic E-state index is 12.8. The summed E-state index contributed by atoms with van der Waals surface area (Å²) in [5.41, 5.74) is 2.65. The predicted molar refractivity (Wildman–Crippen MR) is 106 cm³/mol. The van der Waals surface area contributed by atoms with Crippen molar-refractivity contribution < 1.29 is 9.53 Å². The molecule has 1 N–H and O–H groups in total. The summed E-state index contributed by atoms with van der Waals surface area (Å²) in [7, 11) is 1.61. The number of nitrogens with one attached hydrogen (secondary N) is 1. The van der Waals surface area contributed by atoms with Crippen LogP contribution in [-0.2, 0) is 0 Å². The molecule has 0 aliphatic rings. The zero-order valence-corrected chi connectivity index (χ0v) is 15.2. The van der Waals surface area contributed by atoms with Crippen molar-refractivity contribution in [3.8, 4) is 5.75 Å². The van der Waals surface area contributed by atoms with Gasteiger partial charge >= 0.3 is 0 Å². The lowest BCUT2D eigenvalue weighted by Crippen LogP contribution is -2.15. The zero-order valence-electron chi connectivity index (χ0n) is 14.5. The summed E-state index contributed by atoms with van der Waals surface area (Å²) in [4.78, 5) is 12.8. The highest BCUT2D eigenvalue weighted by molar-refractivity contribution is 6.30. The molecule has 0 aliphatic carbocycles. The number of ketones is 1. The second kappa shape index (κ2) is 8.54. The third kappa shape index (κ3) is 4.64. The van der Waals surface area contributed by atoms with Crippen molar-refractivity contribution in [1.82, 2.24) is 0 Å². The van der Waals surface area contributed by atoms with Crippen LogP contribution in [0.1, 0.15) is 28.4 Å². The van der Waals surface area contributed by atoms with Crippen LogP contribution in [0.15, 0.2) is 78.9 Å². The molecule has 0 fully saturated rings. The highest BCUT2D eigenvalue weighted by Crippen LogP contribution is 2.26. The lowest BCUT2D eigenvalue weighted by Gasteiger charge is -2.20. The fourth-order valence-electron chi connectivity index (χ4n) is 2.77. The Bertz CT molecular complexity index is 846. The SMILES string of the molecule is COc1ccc(C(=O)C[C@H](Nc2ccc(Cl)cc2)c2ccccc2)cc1. The molecule has 0 radical (unpaired) electrons. The Hall–Kier alpha value is -2.78. The minimum absolute atomic E-state index is 0.0722. The van der Waals surface area contributed by atoms with Gasteiger partial charge in [-0.15, -0.1) is 0 Å². The van der Waals surface area contributed by atoms with Gasteiger partial charge in [-0.3, -0.25) is 4.79 Å². The van der Waals surface area contributed by atoms with Gasteiger partial charge in [-0.05, 0) is 54.1 Å². The minimum Gasteiger partial charge on any atom is -0.497 e. The molecule has 26 heavy (non-hydrogen) atoms. The van der Waals surface area contributed by atoms with E-state index < -0.39 is 0 Å². The molecule has 0 spiro atoms. The summed E-state index contributed by atoms with van der Waals surface area (Å²) < 4.78 is 5.15. The highest BCUT2D eigenvalue weighted by atomic mass is 35.5. The number of benzene rings is 3. The van der Waals surface area contributed by atoms with Crippen molar-refractivity contribution in [3.05, 3.63) is 95.0 Å². The molecule has 0 amide bonds. The van der Waals surface area contributed by atoms with Gasteiger partial charge in [0.05, 0.1) is 13.2 Å². The zero-order chi connectivity index (χ0) is 18.4. The van der Waals surface area contributed by atoms with Gasteiger partial charge in [0.1, 0.15) is 5.75 Å². The Morgan fingerprint density at radius 2 is 1.62 bits per heavy atom. The summed E-state index contributed by atoms with van der Waals surface area (Å²) in [6.07, 6.45) is 0.346. The molecular weight excluding hydrogens is 346 g/mol. The number of halogens is 1. The third-order valence-electron chi connectivity index (χ3n) is 4.19. The van der Waals surface area contributed by atoms with Crippen LogP contribution in [0, 0.1) is 0 Å². The predicted octanol–water partition coefficient (Wildman–Crippen LogP) is 5.77. The van der Waals surface area contributed by atoms with Crippen molar-refractivity contribution in [2.75, 3.05) is 12.4 Å². The van der Waals surface area contributed by atoms with Gasteiger partial charge in [-0.1, -0.05) is 41.9 Å². The number of ether oxygens (including phenoxy) is 1. The Balaban J connectivity index is 1.80. The number of hydrogen-bond donors (Lipinski definition) is 1. The largest absolute Gasteiger partial charge is 0.497 e. The summed E-state index contributed by atoms with van der Waals surface area (Å²) in [6, 6.07) is 24.5. The van der Waals surface area contributed by atoms with Crippen LogP contribution in [0.4, 0.5) is 5.69 Å². The van der Waals surface area contributed by atoms with Crippen molar-refractivity contribution in [2.45, 2.75) is 12.5 Å². The second-order valence-electron chi connectivity index (χ2n) is 5.97. The average Bonchev–Trinajstić information content (AvgIpc) is 2.70.